The molecule has 31 heavy (non-hydrogen) atoms. The Morgan fingerprint density at radius 2 is 1.81 bits per heavy atom. The van der Waals surface area contributed by atoms with E-state index >= 15 is 0 Å². The van der Waals surface area contributed by atoms with Crippen molar-refractivity contribution >= 4 is 44.4 Å². The van der Waals surface area contributed by atoms with E-state index in [0.717, 1.165) is 45.6 Å². The van der Waals surface area contributed by atoms with Crippen molar-refractivity contribution in [2.45, 2.75) is 32.6 Å². The number of hydrogen-bond donors (Lipinski definition) is 0. The zero-order valence-corrected chi connectivity index (χ0v) is 20.4. The summed E-state index contributed by atoms with van der Waals surface area (Å²) in [6.07, 6.45) is 0. The van der Waals surface area contributed by atoms with Gasteiger partial charge in [-0.1, -0.05) is 48.9 Å². The molecule has 0 aliphatic heterocycles. The molecule has 0 aliphatic rings. The van der Waals surface area contributed by atoms with E-state index in [4.69, 9.17) is 9.72 Å². The number of ether oxygens (including phenoxy) is 1. The van der Waals surface area contributed by atoms with Crippen LogP contribution in [0.2, 0.25) is 0 Å². The fourth-order valence-corrected chi connectivity index (χ4v) is 5.07. The molecule has 0 saturated heterocycles. The fourth-order valence-electron chi connectivity index (χ4n) is 3.26. The number of para-hydroxylation sites is 1. The first-order chi connectivity index (χ1) is 15.0. The van der Waals surface area contributed by atoms with E-state index in [9.17, 15) is 4.79 Å². The quantitative estimate of drug-likeness (QED) is 0.357. The predicted molar refractivity (Wildman–Crippen MR) is 133 cm³/mol. The van der Waals surface area contributed by atoms with Gasteiger partial charge in [-0.05, 0) is 51.2 Å². The van der Waals surface area contributed by atoms with Gasteiger partial charge in [0.05, 0.1) is 17.1 Å². The first-order valence-electron chi connectivity index (χ1n) is 10.8. The van der Waals surface area contributed by atoms with E-state index in [-0.39, 0.29) is 5.91 Å². The molecule has 0 fully saturated rings. The smallest absolute Gasteiger partial charge is 0.239 e. The van der Waals surface area contributed by atoms with Crippen LogP contribution < -0.4 is 9.64 Å². The minimum Gasteiger partial charge on any atom is -0.492 e. The maximum absolute atomic E-state index is 13.3. The summed E-state index contributed by atoms with van der Waals surface area (Å²) in [6.45, 7) is 12.3. The molecule has 0 N–H and O–H groups in total. The highest BCUT2D eigenvalue weighted by Gasteiger charge is 2.21. The Labute approximate surface area is 193 Å². The minimum absolute atomic E-state index is 0.0785. The molecule has 3 aromatic rings. The highest BCUT2D eigenvalue weighted by atomic mass is 32.2. The SMILES string of the molecule is CCOc1cccc2sc(N(CCN(CC)CC)C(=O)CSc3ccc(C)cc3)nc12. The van der Waals surface area contributed by atoms with E-state index in [2.05, 4.69) is 49.9 Å². The molecule has 0 spiro atoms. The normalized spacial score (nSPS) is 11.3. The van der Waals surface area contributed by atoms with Crippen LogP contribution in [0, 0.1) is 6.92 Å². The number of carbonyl (C=O) groups excluding carboxylic acids is 1. The molecule has 5 nitrogen and oxygen atoms in total. The third-order valence-electron chi connectivity index (χ3n) is 5.12. The number of amides is 1. The largest absolute Gasteiger partial charge is 0.492 e. The monoisotopic (exact) mass is 457 g/mol. The maximum Gasteiger partial charge on any atom is 0.239 e. The number of thioether (sulfide) groups is 1. The van der Waals surface area contributed by atoms with Gasteiger partial charge in [-0.2, -0.15) is 0 Å². The highest BCUT2D eigenvalue weighted by molar-refractivity contribution is 8.00. The van der Waals surface area contributed by atoms with Crippen molar-refractivity contribution in [3.05, 3.63) is 48.0 Å². The number of benzene rings is 2. The van der Waals surface area contributed by atoms with E-state index in [0.29, 0.717) is 18.9 Å². The lowest BCUT2D eigenvalue weighted by molar-refractivity contribution is -0.116. The van der Waals surface area contributed by atoms with Crippen LogP contribution in [0.15, 0.2) is 47.4 Å². The number of anilines is 1. The summed E-state index contributed by atoms with van der Waals surface area (Å²) in [5, 5.41) is 0.740. The van der Waals surface area contributed by atoms with E-state index in [1.165, 1.54) is 5.56 Å². The van der Waals surface area contributed by atoms with Crippen LogP contribution in [0.25, 0.3) is 10.2 Å². The molecular formula is C24H31N3O2S2. The number of hydrogen-bond acceptors (Lipinski definition) is 6. The minimum atomic E-state index is 0.0785. The molecule has 166 valence electrons. The summed E-state index contributed by atoms with van der Waals surface area (Å²) in [5.74, 6) is 1.23. The Bertz CT molecular complexity index is 984. The van der Waals surface area contributed by atoms with Crippen LogP contribution >= 0.6 is 23.1 Å². The van der Waals surface area contributed by atoms with Crippen molar-refractivity contribution < 1.29 is 9.53 Å². The number of nitrogens with zero attached hydrogens (tertiary/aromatic N) is 3. The zero-order valence-electron chi connectivity index (χ0n) is 18.8. The van der Waals surface area contributed by atoms with Gasteiger partial charge in [-0.3, -0.25) is 9.69 Å². The van der Waals surface area contributed by atoms with Crippen molar-refractivity contribution in [3.63, 3.8) is 0 Å². The van der Waals surface area contributed by atoms with E-state index in [1.807, 2.05) is 30.0 Å². The predicted octanol–water partition coefficient (Wildman–Crippen LogP) is 5.47. The molecule has 3 rings (SSSR count). The average Bonchev–Trinajstić information content (AvgIpc) is 3.21. The van der Waals surface area contributed by atoms with Crippen molar-refractivity contribution in [2.24, 2.45) is 0 Å². The Morgan fingerprint density at radius 1 is 1.06 bits per heavy atom. The summed E-state index contributed by atoms with van der Waals surface area (Å²) in [7, 11) is 0. The topological polar surface area (TPSA) is 45.7 Å². The standard InChI is InChI=1S/C24H31N3O2S2/c1-5-26(6-2)15-16-27(22(28)17-30-19-13-11-18(4)12-14-19)24-25-23-20(29-7-3)9-8-10-21(23)31-24/h8-14H,5-7,15-17H2,1-4H3. The molecule has 2 aromatic carbocycles. The van der Waals surface area contributed by atoms with Gasteiger partial charge in [0.25, 0.3) is 0 Å². The molecule has 0 atom stereocenters. The Morgan fingerprint density at radius 3 is 2.48 bits per heavy atom. The summed E-state index contributed by atoms with van der Waals surface area (Å²) in [4.78, 5) is 23.4. The number of fused-ring (bicyclic) bond motifs is 1. The van der Waals surface area contributed by atoms with Crippen molar-refractivity contribution in [1.82, 2.24) is 9.88 Å². The van der Waals surface area contributed by atoms with Crippen LogP contribution in [-0.4, -0.2) is 54.3 Å². The lowest BCUT2D eigenvalue weighted by Gasteiger charge is -2.24. The molecule has 0 saturated carbocycles. The van der Waals surface area contributed by atoms with Crippen LogP contribution in [0.1, 0.15) is 26.3 Å². The summed E-state index contributed by atoms with van der Waals surface area (Å²) >= 11 is 3.12. The molecule has 0 aliphatic carbocycles. The molecule has 1 amide bonds. The van der Waals surface area contributed by atoms with Gasteiger partial charge < -0.3 is 9.64 Å². The summed E-state index contributed by atoms with van der Waals surface area (Å²) in [5.41, 5.74) is 2.05. The first-order valence-corrected chi connectivity index (χ1v) is 12.6. The molecule has 0 bridgehead atoms. The number of aromatic nitrogens is 1. The lowest BCUT2D eigenvalue weighted by atomic mass is 10.2. The number of aryl methyl sites for hydroxylation is 1. The van der Waals surface area contributed by atoms with E-state index < -0.39 is 0 Å². The number of thiazole rings is 1. The van der Waals surface area contributed by atoms with Gasteiger partial charge in [0.2, 0.25) is 5.91 Å². The van der Waals surface area contributed by atoms with Gasteiger partial charge in [0.15, 0.2) is 5.13 Å². The second kappa shape index (κ2) is 11.5. The van der Waals surface area contributed by atoms with Crippen molar-refractivity contribution in [1.29, 1.82) is 0 Å². The molecule has 0 radical (unpaired) electrons. The Hall–Kier alpha value is -2.09. The summed E-state index contributed by atoms with van der Waals surface area (Å²) < 4.78 is 6.78. The van der Waals surface area contributed by atoms with Crippen LogP contribution in [0.5, 0.6) is 5.75 Å². The van der Waals surface area contributed by atoms with Gasteiger partial charge in [0.1, 0.15) is 11.3 Å². The fraction of sp³-hybridized carbons (Fsp3) is 0.417. The lowest BCUT2D eigenvalue weighted by Crippen LogP contribution is -2.39. The third kappa shape index (κ3) is 6.21. The van der Waals surface area contributed by atoms with Crippen LogP contribution in [0.4, 0.5) is 5.13 Å². The molecule has 1 heterocycles. The number of likely N-dealkylation sites (N-methyl/N-ethyl adjacent to an activating group) is 1. The Kier molecular flexibility index (Phi) is 8.75. The summed E-state index contributed by atoms with van der Waals surface area (Å²) in [6, 6.07) is 14.2. The van der Waals surface area contributed by atoms with Crippen molar-refractivity contribution in [2.75, 3.05) is 43.4 Å². The molecule has 0 unspecified atom stereocenters. The number of carbonyl (C=O) groups is 1. The van der Waals surface area contributed by atoms with Gasteiger partial charge in [0, 0.05) is 18.0 Å². The van der Waals surface area contributed by atoms with Crippen LogP contribution in [0.3, 0.4) is 0 Å². The van der Waals surface area contributed by atoms with Crippen LogP contribution in [-0.2, 0) is 4.79 Å². The average molecular weight is 458 g/mol. The maximum atomic E-state index is 13.3. The second-order valence-corrected chi connectivity index (χ2v) is 9.26. The highest BCUT2D eigenvalue weighted by Crippen LogP contribution is 2.34. The Balaban J connectivity index is 1.83. The second-order valence-electron chi connectivity index (χ2n) is 7.21. The number of rotatable bonds is 11. The first kappa shape index (κ1) is 23.6. The van der Waals surface area contributed by atoms with Gasteiger partial charge in [-0.25, -0.2) is 4.98 Å². The molecule has 1 aromatic heterocycles. The third-order valence-corrected chi connectivity index (χ3v) is 7.16. The zero-order chi connectivity index (χ0) is 22.2. The van der Waals surface area contributed by atoms with Gasteiger partial charge >= 0.3 is 0 Å². The van der Waals surface area contributed by atoms with E-state index in [1.54, 1.807) is 23.1 Å². The molecule has 7 heteroatoms. The van der Waals surface area contributed by atoms with Crippen molar-refractivity contribution in [3.8, 4) is 5.75 Å². The van der Waals surface area contributed by atoms with Gasteiger partial charge in [-0.15, -0.1) is 11.8 Å². The molecular weight excluding hydrogens is 426 g/mol.